The summed E-state index contributed by atoms with van der Waals surface area (Å²) in [6.07, 6.45) is 11.4. The first kappa shape index (κ1) is 11.8. The molecule has 0 radical (unpaired) electrons. The Balaban J connectivity index is 2.15. The lowest BCUT2D eigenvalue weighted by molar-refractivity contribution is 0.762. The molecule has 0 atom stereocenters. The van der Waals surface area contributed by atoms with Crippen molar-refractivity contribution in [1.82, 2.24) is 14.5 Å². The Morgan fingerprint density at radius 1 is 1.53 bits per heavy atom. The number of hydrogen-bond donors (Lipinski definition) is 1. The van der Waals surface area contributed by atoms with Gasteiger partial charge in [0.05, 0.1) is 6.54 Å². The average molecular weight is 252 g/mol. The second-order valence-corrected chi connectivity index (χ2v) is 4.96. The van der Waals surface area contributed by atoms with E-state index in [0.29, 0.717) is 18.3 Å². The Morgan fingerprint density at radius 3 is 2.95 bits per heavy atom. The van der Waals surface area contributed by atoms with Gasteiger partial charge in [-0.05, 0) is 31.4 Å². The SMILES string of the molecule is C#CCn1c(C2CC2)nc(-c2cnccc2C)c1N. The van der Waals surface area contributed by atoms with E-state index >= 15 is 0 Å². The number of hydrogen-bond acceptors (Lipinski definition) is 3. The smallest absolute Gasteiger partial charge is 0.132 e. The van der Waals surface area contributed by atoms with Crippen molar-refractivity contribution in [2.24, 2.45) is 0 Å². The largest absolute Gasteiger partial charge is 0.383 e. The zero-order chi connectivity index (χ0) is 13.4. The van der Waals surface area contributed by atoms with Crippen molar-refractivity contribution in [3.8, 4) is 23.6 Å². The van der Waals surface area contributed by atoms with E-state index in [4.69, 9.17) is 17.1 Å². The predicted octanol–water partition coefficient (Wildman–Crippen LogP) is 2.35. The summed E-state index contributed by atoms with van der Waals surface area (Å²) in [5, 5.41) is 0. The van der Waals surface area contributed by atoms with Crippen molar-refractivity contribution in [3.63, 3.8) is 0 Å². The van der Waals surface area contributed by atoms with Gasteiger partial charge in [0.15, 0.2) is 0 Å². The fourth-order valence-electron chi connectivity index (χ4n) is 2.30. The Bertz CT molecular complexity index is 659. The molecule has 2 aromatic heterocycles. The molecule has 96 valence electrons. The van der Waals surface area contributed by atoms with E-state index in [0.717, 1.165) is 22.6 Å². The molecule has 1 aliphatic rings. The summed E-state index contributed by atoms with van der Waals surface area (Å²) in [5.74, 6) is 4.84. The van der Waals surface area contributed by atoms with E-state index < -0.39 is 0 Å². The molecule has 1 saturated carbocycles. The van der Waals surface area contributed by atoms with Gasteiger partial charge in [-0.2, -0.15) is 0 Å². The van der Waals surface area contributed by atoms with Crippen LogP contribution in [0.25, 0.3) is 11.3 Å². The number of terminal acetylenes is 1. The zero-order valence-electron chi connectivity index (χ0n) is 10.9. The number of nitrogens with two attached hydrogens (primary N) is 1. The molecule has 0 spiro atoms. The summed E-state index contributed by atoms with van der Waals surface area (Å²) in [5.41, 5.74) is 9.15. The number of nitrogen functional groups attached to an aromatic ring is 1. The van der Waals surface area contributed by atoms with Crippen molar-refractivity contribution >= 4 is 5.82 Å². The maximum absolute atomic E-state index is 6.23. The molecule has 0 saturated heterocycles. The lowest BCUT2D eigenvalue weighted by Gasteiger charge is -2.05. The van der Waals surface area contributed by atoms with Crippen LogP contribution < -0.4 is 5.73 Å². The molecule has 2 aromatic rings. The summed E-state index contributed by atoms with van der Waals surface area (Å²) in [7, 11) is 0. The lowest BCUT2D eigenvalue weighted by Crippen LogP contribution is -2.05. The van der Waals surface area contributed by atoms with Crippen LogP contribution in [-0.4, -0.2) is 14.5 Å². The van der Waals surface area contributed by atoms with Gasteiger partial charge in [0.2, 0.25) is 0 Å². The van der Waals surface area contributed by atoms with Crippen molar-refractivity contribution < 1.29 is 0 Å². The van der Waals surface area contributed by atoms with E-state index in [1.165, 1.54) is 12.8 Å². The van der Waals surface area contributed by atoms with E-state index in [9.17, 15) is 0 Å². The van der Waals surface area contributed by atoms with Crippen molar-refractivity contribution in [2.75, 3.05) is 5.73 Å². The Hall–Kier alpha value is -2.28. The molecule has 2 heterocycles. The monoisotopic (exact) mass is 252 g/mol. The fourth-order valence-corrected chi connectivity index (χ4v) is 2.30. The second kappa shape index (κ2) is 4.43. The quantitative estimate of drug-likeness (QED) is 0.853. The summed E-state index contributed by atoms with van der Waals surface area (Å²) in [6.45, 7) is 2.51. The summed E-state index contributed by atoms with van der Waals surface area (Å²) >= 11 is 0. The molecule has 1 fully saturated rings. The molecule has 0 aromatic carbocycles. The van der Waals surface area contributed by atoms with E-state index in [-0.39, 0.29) is 0 Å². The molecule has 0 aliphatic heterocycles. The molecule has 19 heavy (non-hydrogen) atoms. The maximum Gasteiger partial charge on any atom is 0.132 e. The number of aryl methyl sites for hydroxylation is 1. The molecule has 4 nitrogen and oxygen atoms in total. The molecule has 1 aliphatic carbocycles. The topological polar surface area (TPSA) is 56.7 Å². The van der Waals surface area contributed by atoms with E-state index in [1.807, 2.05) is 23.8 Å². The lowest BCUT2D eigenvalue weighted by atomic mass is 10.1. The highest BCUT2D eigenvalue weighted by Crippen LogP contribution is 2.42. The number of anilines is 1. The van der Waals surface area contributed by atoms with E-state index in [2.05, 4.69) is 10.9 Å². The van der Waals surface area contributed by atoms with Crippen molar-refractivity contribution in [1.29, 1.82) is 0 Å². The Labute approximate surface area is 112 Å². The number of rotatable bonds is 3. The zero-order valence-corrected chi connectivity index (χ0v) is 10.9. The number of nitrogens with zero attached hydrogens (tertiary/aromatic N) is 3. The Kier molecular flexibility index (Phi) is 2.75. The highest BCUT2D eigenvalue weighted by Gasteiger charge is 2.31. The van der Waals surface area contributed by atoms with Crippen LogP contribution >= 0.6 is 0 Å². The molecule has 0 unspecified atom stereocenters. The van der Waals surface area contributed by atoms with Gasteiger partial charge in [-0.1, -0.05) is 5.92 Å². The van der Waals surface area contributed by atoms with Gasteiger partial charge in [0.25, 0.3) is 0 Å². The Morgan fingerprint density at radius 2 is 2.32 bits per heavy atom. The second-order valence-electron chi connectivity index (χ2n) is 4.96. The van der Waals surface area contributed by atoms with Gasteiger partial charge in [-0.15, -0.1) is 6.42 Å². The van der Waals surface area contributed by atoms with Crippen LogP contribution in [0.1, 0.15) is 30.1 Å². The summed E-state index contributed by atoms with van der Waals surface area (Å²) in [4.78, 5) is 8.89. The molecular weight excluding hydrogens is 236 g/mol. The molecular formula is C15H16N4. The van der Waals surface area contributed by atoms with Crippen LogP contribution in [0.15, 0.2) is 18.5 Å². The molecule has 0 amide bonds. The number of pyridine rings is 1. The highest BCUT2D eigenvalue weighted by atomic mass is 15.1. The van der Waals surface area contributed by atoms with Gasteiger partial charge in [0.1, 0.15) is 17.3 Å². The first-order valence-corrected chi connectivity index (χ1v) is 6.42. The van der Waals surface area contributed by atoms with Gasteiger partial charge in [-0.3, -0.25) is 4.98 Å². The minimum Gasteiger partial charge on any atom is -0.383 e. The number of imidazole rings is 1. The first-order chi connectivity index (χ1) is 9.22. The maximum atomic E-state index is 6.23. The van der Waals surface area contributed by atoms with Crippen LogP contribution in [0.5, 0.6) is 0 Å². The predicted molar refractivity (Wildman–Crippen MR) is 75.4 cm³/mol. The molecule has 0 bridgehead atoms. The standard InChI is InChI=1S/C15H16N4/c1-3-8-19-14(16)13(18-15(19)11-4-5-11)12-9-17-7-6-10(12)2/h1,6-7,9,11H,4-5,8,16H2,2H3. The number of aromatic nitrogens is 3. The third kappa shape index (κ3) is 1.97. The molecule has 3 rings (SSSR count). The average Bonchev–Trinajstić information content (AvgIpc) is 3.19. The molecule has 2 N–H and O–H groups in total. The summed E-state index contributed by atoms with van der Waals surface area (Å²) in [6, 6.07) is 1.96. The van der Waals surface area contributed by atoms with Crippen LogP contribution in [0.2, 0.25) is 0 Å². The van der Waals surface area contributed by atoms with Gasteiger partial charge in [0, 0.05) is 23.9 Å². The molecule has 4 heteroatoms. The van der Waals surface area contributed by atoms with Crippen LogP contribution in [0.3, 0.4) is 0 Å². The van der Waals surface area contributed by atoms with Gasteiger partial charge < -0.3 is 10.3 Å². The first-order valence-electron chi connectivity index (χ1n) is 6.42. The fraction of sp³-hybridized carbons (Fsp3) is 0.333. The van der Waals surface area contributed by atoms with Crippen molar-refractivity contribution in [3.05, 3.63) is 29.8 Å². The van der Waals surface area contributed by atoms with E-state index in [1.54, 1.807) is 6.20 Å². The third-order valence-corrected chi connectivity index (χ3v) is 3.52. The third-order valence-electron chi connectivity index (χ3n) is 3.52. The van der Waals surface area contributed by atoms with Gasteiger partial charge in [-0.25, -0.2) is 4.98 Å². The summed E-state index contributed by atoms with van der Waals surface area (Å²) < 4.78 is 1.96. The van der Waals surface area contributed by atoms with Gasteiger partial charge >= 0.3 is 0 Å². The van der Waals surface area contributed by atoms with Crippen LogP contribution in [0.4, 0.5) is 5.82 Å². The van der Waals surface area contributed by atoms with Crippen molar-refractivity contribution in [2.45, 2.75) is 32.2 Å². The normalized spacial score (nSPS) is 14.3. The minimum atomic E-state index is 0.476. The highest BCUT2D eigenvalue weighted by molar-refractivity contribution is 5.73. The minimum absolute atomic E-state index is 0.476. The van der Waals surface area contributed by atoms with Crippen LogP contribution in [0, 0.1) is 19.3 Å². The van der Waals surface area contributed by atoms with Crippen LogP contribution in [-0.2, 0) is 6.54 Å².